The highest BCUT2D eigenvalue weighted by Crippen LogP contribution is 2.10. The van der Waals surface area contributed by atoms with Crippen molar-refractivity contribution in [3.8, 4) is 0 Å². The Morgan fingerprint density at radius 3 is 2.07 bits per heavy atom. The maximum atomic E-state index is 11.6. The Hall–Kier alpha value is -0.570. The Morgan fingerprint density at radius 1 is 1.21 bits per heavy atom. The highest BCUT2D eigenvalue weighted by atomic mass is 16.3. The highest BCUT2D eigenvalue weighted by Gasteiger charge is 2.18. The van der Waals surface area contributed by atoms with Gasteiger partial charge in [-0.1, -0.05) is 20.8 Å². The first-order chi connectivity index (χ1) is 6.34. The van der Waals surface area contributed by atoms with Crippen LogP contribution >= 0.6 is 0 Å². The summed E-state index contributed by atoms with van der Waals surface area (Å²) in [5, 5.41) is 12.0. The summed E-state index contributed by atoms with van der Waals surface area (Å²) >= 11 is 0. The van der Waals surface area contributed by atoms with Gasteiger partial charge in [0.15, 0.2) is 0 Å². The van der Waals surface area contributed by atoms with Crippen LogP contribution in [0.4, 0.5) is 0 Å². The number of hydrogen-bond donors (Lipinski definition) is 2. The number of amides is 1. The fraction of sp³-hybridized carbons (Fsp3) is 0.909. The number of carbonyl (C=O) groups excluding carboxylic acids is 1. The second kappa shape index (κ2) is 6.02. The van der Waals surface area contributed by atoms with Gasteiger partial charge in [0.05, 0.1) is 6.10 Å². The third kappa shape index (κ3) is 5.22. The van der Waals surface area contributed by atoms with Crippen molar-refractivity contribution in [3.63, 3.8) is 0 Å². The zero-order valence-electron chi connectivity index (χ0n) is 9.87. The van der Waals surface area contributed by atoms with E-state index < -0.39 is 0 Å². The zero-order valence-corrected chi connectivity index (χ0v) is 9.87. The van der Waals surface area contributed by atoms with Crippen molar-refractivity contribution in [2.24, 2.45) is 11.8 Å². The molecule has 0 rings (SSSR count). The van der Waals surface area contributed by atoms with Gasteiger partial charge in [0, 0.05) is 12.0 Å². The number of aliphatic hydroxyl groups excluding tert-OH is 1. The molecule has 0 spiro atoms. The Morgan fingerprint density at radius 2 is 1.71 bits per heavy atom. The van der Waals surface area contributed by atoms with Gasteiger partial charge in [0.2, 0.25) is 5.91 Å². The summed E-state index contributed by atoms with van der Waals surface area (Å²) in [5.74, 6) is 0.466. The van der Waals surface area contributed by atoms with Gasteiger partial charge < -0.3 is 10.4 Å². The summed E-state index contributed by atoms with van der Waals surface area (Å²) < 4.78 is 0. The molecule has 0 aromatic carbocycles. The summed E-state index contributed by atoms with van der Waals surface area (Å²) in [6.45, 7) is 9.63. The molecule has 3 atom stereocenters. The second-order valence-electron chi connectivity index (χ2n) is 4.53. The third-order valence-electron chi connectivity index (χ3n) is 2.50. The molecule has 0 fully saturated rings. The Balaban J connectivity index is 3.93. The van der Waals surface area contributed by atoms with Gasteiger partial charge in [-0.3, -0.25) is 4.79 Å². The van der Waals surface area contributed by atoms with Crippen molar-refractivity contribution in [3.05, 3.63) is 0 Å². The van der Waals surface area contributed by atoms with Crippen LogP contribution in [0.5, 0.6) is 0 Å². The minimum absolute atomic E-state index is 0.0337. The minimum Gasteiger partial charge on any atom is -0.393 e. The lowest BCUT2D eigenvalue weighted by atomic mass is 9.97. The van der Waals surface area contributed by atoms with Crippen molar-refractivity contribution in [2.45, 2.75) is 53.2 Å². The molecule has 3 unspecified atom stereocenters. The summed E-state index contributed by atoms with van der Waals surface area (Å²) in [6, 6.07) is 0.0451. The average molecular weight is 201 g/mol. The number of nitrogens with one attached hydrogen (secondary N) is 1. The minimum atomic E-state index is -0.361. The van der Waals surface area contributed by atoms with Gasteiger partial charge in [0.1, 0.15) is 0 Å². The first-order valence-corrected chi connectivity index (χ1v) is 5.33. The lowest BCUT2D eigenvalue weighted by Crippen LogP contribution is -2.39. The van der Waals surface area contributed by atoms with Crippen LogP contribution in [0.2, 0.25) is 0 Å². The topological polar surface area (TPSA) is 49.3 Å². The largest absolute Gasteiger partial charge is 0.393 e. The molecule has 0 aromatic rings. The molecule has 0 aliphatic carbocycles. The van der Waals surface area contributed by atoms with Crippen molar-refractivity contribution < 1.29 is 9.90 Å². The van der Waals surface area contributed by atoms with Crippen LogP contribution < -0.4 is 5.32 Å². The lowest BCUT2D eigenvalue weighted by molar-refractivity contribution is -0.126. The van der Waals surface area contributed by atoms with Crippen molar-refractivity contribution in [1.82, 2.24) is 5.32 Å². The standard InChI is InChI=1S/C11H23NO2/c1-7(2)10(5)11(14)12-8(3)6-9(4)13/h7-10,13H,6H2,1-5H3,(H,12,14). The number of carbonyl (C=O) groups is 1. The zero-order chi connectivity index (χ0) is 11.3. The summed E-state index contributed by atoms with van der Waals surface area (Å²) in [4.78, 5) is 11.6. The van der Waals surface area contributed by atoms with Gasteiger partial charge in [-0.05, 0) is 26.2 Å². The van der Waals surface area contributed by atoms with E-state index in [9.17, 15) is 4.79 Å². The van der Waals surface area contributed by atoms with E-state index in [4.69, 9.17) is 5.11 Å². The highest BCUT2D eigenvalue weighted by molar-refractivity contribution is 5.78. The fourth-order valence-corrected chi connectivity index (χ4v) is 1.25. The first kappa shape index (κ1) is 13.4. The maximum Gasteiger partial charge on any atom is 0.223 e. The van der Waals surface area contributed by atoms with E-state index in [0.29, 0.717) is 12.3 Å². The Bertz CT molecular complexity index is 178. The van der Waals surface area contributed by atoms with E-state index in [-0.39, 0.29) is 24.0 Å². The molecule has 2 N–H and O–H groups in total. The molecule has 84 valence electrons. The van der Waals surface area contributed by atoms with E-state index >= 15 is 0 Å². The number of aliphatic hydroxyl groups is 1. The van der Waals surface area contributed by atoms with E-state index in [0.717, 1.165) is 0 Å². The van der Waals surface area contributed by atoms with Crippen molar-refractivity contribution in [2.75, 3.05) is 0 Å². The van der Waals surface area contributed by atoms with E-state index in [2.05, 4.69) is 5.32 Å². The molecule has 0 aliphatic rings. The predicted molar refractivity (Wildman–Crippen MR) is 57.9 cm³/mol. The number of rotatable bonds is 5. The summed E-state index contributed by atoms with van der Waals surface area (Å²) in [5.41, 5.74) is 0. The normalized spacial score (nSPS) is 17.6. The third-order valence-corrected chi connectivity index (χ3v) is 2.50. The van der Waals surface area contributed by atoms with Gasteiger partial charge >= 0.3 is 0 Å². The monoisotopic (exact) mass is 201 g/mol. The smallest absolute Gasteiger partial charge is 0.223 e. The second-order valence-corrected chi connectivity index (χ2v) is 4.53. The van der Waals surface area contributed by atoms with Crippen LogP contribution in [0.15, 0.2) is 0 Å². The van der Waals surface area contributed by atoms with Crippen LogP contribution in [-0.4, -0.2) is 23.2 Å². The van der Waals surface area contributed by atoms with E-state index in [1.807, 2.05) is 27.7 Å². The molecule has 0 radical (unpaired) electrons. The molecular formula is C11H23NO2. The molecular weight excluding hydrogens is 178 g/mol. The first-order valence-electron chi connectivity index (χ1n) is 5.33. The molecule has 0 saturated heterocycles. The van der Waals surface area contributed by atoms with Gasteiger partial charge in [-0.25, -0.2) is 0 Å². The Labute approximate surface area is 86.9 Å². The molecule has 0 bridgehead atoms. The maximum absolute atomic E-state index is 11.6. The van der Waals surface area contributed by atoms with Crippen molar-refractivity contribution in [1.29, 1.82) is 0 Å². The average Bonchev–Trinajstić information content (AvgIpc) is 2.00. The molecule has 3 heteroatoms. The van der Waals surface area contributed by atoms with Crippen LogP contribution in [0, 0.1) is 11.8 Å². The van der Waals surface area contributed by atoms with Crippen LogP contribution in [0.25, 0.3) is 0 Å². The predicted octanol–water partition coefficient (Wildman–Crippen LogP) is 1.55. The molecule has 3 nitrogen and oxygen atoms in total. The SMILES string of the molecule is CC(O)CC(C)NC(=O)C(C)C(C)C. The molecule has 0 saturated carbocycles. The van der Waals surface area contributed by atoms with E-state index in [1.54, 1.807) is 6.92 Å². The van der Waals surface area contributed by atoms with Crippen LogP contribution in [-0.2, 0) is 4.79 Å². The van der Waals surface area contributed by atoms with Gasteiger partial charge in [-0.2, -0.15) is 0 Å². The van der Waals surface area contributed by atoms with Crippen LogP contribution in [0.3, 0.4) is 0 Å². The van der Waals surface area contributed by atoms with E-state index in [1.165, 1.54) is 0 Å². The lowest BCUT2D eigenvalue weighted by Gasteiger charge is -2.20. The molecule has 0 aromatic heterocycles. The number of hydrogen-bond acceptors (Lipinski definition) is 2. The molecule has 0 heterocycles. The summed E-state index contributed by atoms with van der Waals surface area (Å²) in [6.07, 6.45) is 0.246. The van der Waals surface area contributed by atoms with Gasteiger partial charge in [-0.15, -0.1) is 0 Å². The van der Waals surface area contributed by atoms with Crippen molar-refractivity contribution >= 4 is 5.91 Å². The quantitative estimate of drug-likeness (QED) is 0.709. The van der Waals surface area contributed by atoms with Gasteiger partial charge in [0.25, 0.3) is 0 Å². The fourth-order valence-electron chi connectivity index (χ4n) is 1.25. The molecule has 14 heavy (non-hydrogen) atoms. The molecule has 1 amide bonds. The summed E-state index contributed by atoms with van der Waals surface area (Å²) in [7, 11) is 0. The Kier molecular flexibility index (Phi) is 5.77. The van der Waals surface area contributed by atoms with Crippen LogP contribution in [0.1, 0.15) is 41.0 Å². The molecule has 0 aliphatic heterocycles.